The number of nitrogens with one attached hydrogen (secondary N) is 2. The molecule has 1 aromatic heterocycles. The summed E-state index contributed by atoms with van der Waals surface area (Å²) in [4.78, 5) is 18.3. The number of H-pyrrole nitrogens is 1. The Hall–Kier alpha value is -3.52. The molecule has 5 nitrogen and oxygen atoms in total. The zero-order valence-corrected chi connectivity index (χ0v) is 18.2. The third-order valence-electron chi connectivity index (χ3n) is 6.27. The second-order valence-electron chi connectivity index (χ2n) is 8.15. The smallest absolute Gasteiger partial charge is 0.261 e. The predicted molar refractivity (Wildman–Crippen MR) is 126 cm³/mol. The number of benzene rings is 2. The fraction of sp³-hybridized carbons (Fsp3) is 0.308. The molecule has 0 unspecified atom stereocenters. The summed E-state index contributed by atoms with van der Waals surface area (Å²) in [5, 5.41) is 13.6. The van der Waals surface area contributed by atoms with Crippen LogP contribution in [0.25, 0.3) is 17.0 Å². The molecular formula is C26H28N4O. The number of nitrogens with zero attached hydrogens (tertiary/aromatic N) is 2. The molecule has 1 saturated heterocycles. The van der Waals surface area contributed by atoms with Crippen molar-refractivity contribution in [3.05, 3.63) is 70.4 Å². The van der Waals surface area contributed by atoms with E-state index in [9.17, 15) is 10.1 Å². The number of aromatic nitrogens is 1. The van der Waals surface area contributed by atoms with Crippen LogP contribution in [0.1, 0.15) is 35.1 Å². The zero-order valence-electron chi connectivity index (χ0n) is 18.2. The van der Waals surface area contributed by atoms with Crippen LogP contribution in [0, 0.1) is 25.2 Å². The molecule has 0 atom stereocenters. The maximum atomic E-state index is 12.6. The number of para-hydroxylation sites is 1. The highest BCUT2D eigenvalue weighted by molar-refractivity contribution is 6.02. The number of hydrogen-bond acceptors (Lipinski definition) is 3. The molecule has 2 aromatic carbocycles. The third-order valence-corrected chi connectivity index (χ3v) is 6.27. The summed E-state index contributed by atoms with van der Waals surface area (Å²) in [5.41, 5.74) is 6.89. The van der Waals surface area contributed by atoms with Gasteiger partial charge in [-0.15, -0.1) is 0 Å². The van der Waals surface area contributed by atoms with Gasteiger partial charge in [-0.1, -0.05) is 24.3 Å². The maximum absolute atomic E-state index is 12.6. The lowest BCUT2D eigenvalue weighted by Gasteiger charge is -2.22. The molecule has 0 bridgehead atoms. The van der Waals surface area contributed by atoms with Crippen molar-refractivity contribution >= 4 is 28.6 Å². The number of carbonyl (C=O) groups excluding carboxylic acids is 1. The predicted octanol–water partition coefficient (Wildman–Crippen LogP) is 4.65. The van der Waals surface area contributed by atoms with Crippen molar-refractivity contribution in [3.8, 4) is 6.07 Å². The van der Waals surface area contributed by atoms with Gasteiger partial charge in [-0.05, 0) is 73.6 Å². The van der Waals surface area contributed by atoms with E-state index in [0.29, 0.717) is 13.0 Å². The summed E-state index contributed by atoms with van der Waals surface area (Å²) >= 11 is 0. The summed E-state index contributed by atoms with van der Waals surface area (Å²) in [6, 6.07) is 14.3. The number of amides is 1. The highest BCUT2D eigenvalue weighted by atomic mass is 16.1. The number of nitriles is 1. The van der Waals surface area contributed by atoms with Gasteiger partial charge in [0.1, 0.15) is 11.6 Å². The molecule has 1 fully saturated rings. The first-order valence-corrected chi connectivity index (χ1v) is 10.9. The van der Waals surface area contributed by atoms with Crippen molar-refractivity contribution in [2.24, 2.45) is 0 Å². The standard InChI is InChI=1S/C26H28N4O/c1-18-19(2)25(30-13-5-6-14-30)10-9-20(18)15-22(16-27)26(31)28-12-11-21-17-29-24-8-4-3-7-23(21)24/h3-4,7-10,15,17,29H,5-6,11-14H2,1-2H3,(H,28,31)/b22-15-. The lowest BCUT2D eigenvalue weighted by atomic mass is 9.99. The molecule has 3 aromatic rings. The Bertz CT molecular complexity index is 1180. The maximum Gasteiger partial charge on any atom is 0.261 e. The lowest BCUT2D eigenvalue weighted by Crippen LogP contribution is -2.26. The highest BCUT2D eigenvalue weighted by Crippen LogP contribution is 2.29. The Morgan fingerprint density at radius 3 is 2.71 bits per heavy atom. The topological polar surface area (TPSA) is 71.9 Å². The second kappa shape index (κ2) is 9.09. The quantitative estimate of drug-likeness (QED) is 0.457. The van der Waals surface area contributed by atoms with Crippen molar-refractivity contribution in [3.63, 3.8) is 0 Å². The van der Waals surface area contributed by atoms with Gasteiger partial charge in [-0.2, -0.15) is 5.26 Å². The van der Waals surface area contributed by atoms with E-state index >= 15 is 0 Å². The number of aromatic amines is 1. The molecule has 5 heteroatoms. The molecule has 0 saturated carbocycles. The Labute approximate surface area is 183 Å². The first-order valence-electron chi connectivity index (χ1n) is 10.9. The first-order chi connectivity index (χ1) is 15.1. The van der Waals surface area contributed by atoms with Crippen molar-refractivity contribution in [2.75, 3.05) is 24.5 Å². The lowest BCUT2D eigenvalue weighted by molar-refractivity contribution is -0.117. The van der Waals surface area contributed by atoms with Crippen LogP contribution in [0.4, 0.5) is 5.69 Å². The molecule has 0 radical (unpaired) electrons. The van der Waals surface area contributed by atoms with Crippen molar-refractivity contribution in [1.29, 1.82) is 5.26 Å². The highest BCUT2D eigenvalue weighted by Gasteiger charge is 2.17. The van der Waals surface area contributed by atoms with Crippen LogP contribution in [0.3, 0.4) is 0 Å². The number of anilines is 1. The van der Waals surface area contributed by atoms with Gasteiger partial charge in [0.15, 0.2) is 0 Å². The normalized spacial score (nSPS) is 14.1. The largest absolute Gasteiger partial charge is 0.371 e. The van der Waals surface area contributed by atoms with E-state index in [1.807, 2.05) is 30.5 Å². The number of hydrogen-bond donors (Lipinski definition) is 2. The van der Waals surface area contributed by atoms with Crippen molar-refractivity contribution in [1.82, 2.24) is 10.3 Å². The van der Waals surface area contributed by atoms with E-state index in [2.05, 4.69) is 47.3 Å². The van der Waals surface area contributed by atoms with Gasteiger partial charge >= 0.3 is 0 Å². The molecular weight excluding hydrogens is 384 g/mol. The Morgan fingerprint density at radius 1 is 1.16 bits per heavy atom. The molecule has 2 heterocycles. The molecule has 1 amide bonds. The SMILES string of the molecule is Cc1c(/C=C(/C#N)C(=O)NCCc2c[nH]c3ccccc23)ccc(N2CCCC2)c1C. The van der Waals surface area contributed by atoms with Crippen LogP contribution in [0.2, 0.25) is 0 Å². The van der Waals surface area contributed by atoms with E-state index < -0.39 is 0 Å². The average molecular weight is 413 g/mol. The molecule has 1 aliphatic heterocycles. The number of carbonyl (C=O) groups is 1. The summed E-state index contributed by atoms with van der Waals surface area (Å²) in [7, 11) is 0. The van der Waals surface area contributed by atoms with Crippen molar-refractivity contribution < 1.29 is 4.79 Å². The minimum atomic E-state index is -0.331. The van der Waals surface area contributed by atoms with Crippen molar-refractivity contribution in [2.45, 2.75) is 33.1 Å². The van der Waals surface area contributed by atoms with Gasteiger partial charge in [-0.25, -0.2) is 0 Å². The molecule has 0 spiro atoms. The third kappa shape index (κ3) is 4.34. The summed E-state index contributed by atoms with van der Waals surface area (Å²) in [5.74, 6) is -0.331. The Balaban J connectivity index is 1.44. The first kappa shape index (κ1) is 20.7. The average Bonchev–Trinajstić information content (AvgIpc) is 3.45. The second-order valence-corrected chi connectivity index (χ2v) is 8.15. The molecule has 158 valence electrons. The Morgan fingerprint density at radius 2 is 1.94 bits per heavy atom. The van der Waals surface area contributed by atoms with Crippen LogP contribution in [-0.4, -0.2) is 30.5 Å². The number of rotatable bonds is 6. The fourth-order valence-corrected chi connectivity index (χ4v) is 4.33. The minimum Gasteiger partial charge on any atom is -0.371 e. The van der Waals surface area contributed by atoms with E-state index in [1.165, 1.54) is 24.1 Å². The van der Waals surface area contributed by atoms with Crippen LogP contribution >= 0.6 is 0 Å². The fourth-order valence-electron chi connectivity index (χ4n) is 4.33. The molecule has 2 N–H and O–H groups in total. The van der Waals surface area contributed by atoms with Gasteiger partial charge in [0.05, 0.1) is 0 Å². The summed E-state index contributed by atoms with van der Waals surface area (Å²) in [6.45, 7) is 6.85. The van der Waals surface area contributed by atoms with Gasteiger partial charge in [-0.3, -0.25) is 4.79 Å². The summed E-state index contributed by atoms with van der Waals surface area (Å²) < 4.78 is 0. The molecule has 4 rings (SSSR count). The van der Waals surface area contributed by atoms with E-state index in [0.717, 1.165) is 40.7 Å². The molecule has 0 aliphatic carbocycles. The van der Waals surface area contributed by atoms with E-state index in [-0.39, 0.29) is 11.5 Å². The Kier molecular flexibility index (Phi) is 6.08. The van der Waals surface area contributed by atoms with Gasteiger partial charge < -0.3 is 15.2 Å². The zero-order chi connectivity index (χ0) is 21.8. The molecule has 1 aliphatic rings. The molecule has 31 heavy (non-hydrogen) atoms. The minimum absolute atomic E-state index is 0.135. The van der Waals surface area contributed by atoms with Crippen LogP contribution in [0.5, 0.6) is 0 Å². The van der Waals surface area contributed by atoms with Crippen LogP contribution in [0.15, 0.2) is 48.2 Å². The van der Waals surface area contributed by atoms with Crippen LogP contribution in [-0.2, 0) is 11.2 Å². The van der Waals surface area contributed by atoms with Gasteiger partial charge in [0, 0.05) is 42.4 Å². The number of fused-ring (bicyclic) bond motifs is 1. The van der Waals surface area contributed by atoms with Gasteiger partial charge in [0.25, 0.3) is 5.91 Å². The van der Waals surface area contributed by atoms with Gasteiger partial charge in [0.2, 0.25) is 0 Å². The van der Waals surface area contributed by atoms with E-state index in [1.54, 1.807) is 6.08 Å². The van der Waals surface area contributed by atoms with E-state index in [4.69, 9.17) is 0 Å². The van der Waals surface area contributed by atoms with Crippen LogP contribution < -0.4 is 10.2 Å². The monoisotopic (exact) mass is 412 g/mol. The summed E-state index contributed by atoms with van der Waals surface area (Å²) in [6.07, 6.45) is 6.86.